The lowest BCUT2D eigenvalue weighted by Gasteiger charge is -1.98. The lowest BCUT2D eigenvalue weighted by Crippen LogP contribution is -2.09. The molecule has 0 fully saturated rings. The van der Waals surface area contributed by atoms with Gasteiger partial charge in [0.1, 0.15) is 5.03 Å². The van der Waals surface area contributed by atoms with Crippen molar-refractivity contribution in [3.05, 3.63) is 28.6 Å². The number of hydrogen-bond donors (Lipinski definition) is 1. The molecule has 0 aromatic carbocycles. The fraction of sp³-hybridized carbons (Fsp3) is 0.333. The second-order valence-electron chi connectivity index (χ2n) is 2.69. The van der Waals surface area contributed by atoms with E-state index in [0.29, 0.717) is 23.6 Å². The maximum Gasteiger partial charge on any atom is 0.248 e. The molecule has 0 spiro atoms. The van der Waals surface area contributed by atoms with Gasteiger partial charge in [-0.3, -0.25) is 9.00 Å². The van der Waals surface area contributed by atoms with Gasteiger partial charge in [-0.05, 0) is 12.5 Å². The van der Waals surface area contributed by atoms with Gasteiger partial charge in [0.05, 0.1) is 16.9 Å². The van der Waals surface area contributed by atoms with Crippen molar-refractivity contribution in [3.8, 4) is 6.07 Å². The Kier molecular flexibility index (Phi) is 4.08. The summed E-state index contributed by atoms with van der Waals surface area (Å²) in [6.45, 7) is 0. The Labute approximate surface area is 84.0 Å². The van der Waals surface area contributed by atoms with Crippen LogP contribution >= 0.6 is 0 Å². The minimum Gasteiger partial charge on any atom is -0.315 e. The zero-order valence-corrected chi connectivity index (χ0v) is 8.34. The number of aromatic amines is 1. The molecular formula is C9H10N2O2S. The number of aromatic nitrogens is 1. The molecule has 0 bridgehead atoms. The second kappa shape index (κ2) is 5.35. The van der Waals surface area contributed by atoms with E-state index in [1.165, 1.54) is 6.07 Å². The van der Waals surface area contributed by atoms with E-state index in [2.05, 4.69) is 4.98 Å². The highest BCUT2D eigenvalue weighted by Gasteiger charge is 2.03. The fourth-order valence-corrected chi connectivity index (χ4v) is 2.02. The molecule has 0 saturated heterocycles. The molecule has 0 amide bonds. The van der Waals surface area contributed by atoms with Crippen LogP contribution in [-0.2, 0) is 10.8 Å². The van der Waals surface area contributed by atoms with Gasteiger partial charge >= 0.3 is 0 Å². The number of nitrogens with one attached hydrogen (secondary N) is 1. The number of rotatable bonds is 4. The summed E-state index contributed by atoms with van der Waals surface area (Å²) in [5, 5.41) is 8.71. The first kappa shape index (κ1) is 10.7. The van der Waals surface area contributed by atoms with Gasteiger partial charge in [-0.1, -0.05) is 6.07 Å². The van der Waals surface area contributed by atoms with Crippen LogP contribution in [-0.4, -0.2) is 14.9 Å². The van der Waals surface area contributed by atoms with E-state index in [1.54, 1.807) is 12.1 Å². The summed E-state index contributed by atoms with van der Waals surface area (Å²) in [7, 11) is -1.20. The quantitative estimate of drug-likeness (QED) is 0.746. The summed E-state index contributed by atoms with van der Waals surface area (Å²) in [6, 6.07) is 6.53. The van der Waals surface area contributed by atoms with Crippen molar-refractivity contribution in [2.24, 2.45) is 0 Å². The number of unbranched alkanes of at least 4 members (excludes halogenated alkanes) is 1. The molecule has 1 atom stereocenters. The monoisotopic (exact) mass is 210 g/mol. The minimum absolute atomic E-state index is 0.254. The third-order valence-corrected chi connectivity index (χ3v) is 2.99. The van der Waals surface area contributed by atoms with Gasteiger partial charge in [-0.25, -0.2) is 0 Å². The van der Waals surface area contributed by atoms with Crippen LogP contribution in [0.5, 0.6) is 0 Å². The zero-order chi connectivity index (χ0) is 10.4. The van der Waals surface area contributed by atoms with Gasteiger partial charge in [0.2, 0.25) is 5.56 Å². The van der Waals surface area contributed by atoms with Gasteiger partial charge < -0.3 is 4.98 Å². The van der Waals surface area contributed by atoms with E-state index >= 15 is 0 Å². The SMILES string of the molecule is N#CCCCS(=O)c1cccc(=O)[nH]1. The first-order valence-electron chi connectivity index (χ1n) is 4.18. The second-order valence-corrected chi connectivity index (χ2v) is 4.23. The summed E-state index contributed by atoms with van der Waals surface area (Å²) in [5.41, 5.74) is -0.254. The summed E-state index contributed by atoms with van der Waals surface area (Å²) < 4.78 is 11.5. The average molecular weight is 210 g/mol. The highest BCUT2D eigenvalue weighted by molar-refractivity contribution is 7.84. The molecule has 1 rings (SSSR count). The van der Waals surface area contributed by atoms with Crippen molar-refractivity contribution < 1.29 is 4.21 Å². The van der Waals surface area contributed by atoms with Crippen molar-refractivity contribution in [1.29, 1.82) is 5.26 Å². The lowest BCUT2D eigenvalue weighted by atomic mass is 10.4. The summed E-state index contributed by atoms with van der Waals surface area (Å²) in [4.78, 5) is 13.4. The van der Waals surface area contributed by atoms with Crippen LogP contribution in [0.15, 0.2) is 28.0 Å². The topological polar surface area (TPSA) is 73.7 Å². The molecule has 1 heterocycles. The zero-order valence-electron chi connectivity index (χ0n) is 7.53. The summed E-state index contributed by atoms with van der Waals surface area (Å²) in [5.74, 6) is 0.410. The molecular weight excluding hydrogens is 200 g/mol. The predicted molar refractivity (Wildman–Crippen MR) is 53.2 cm³/mol. The van der Waals surface area contributed by atoms with Crippen molar-refractivity contribution >= 4 is 10.8 Å². The molecule has 0 saturated carbocycles. The Morgan fingerprint density at radius 1 is 1.50 bits per heavy atom. The first-order chi connectivity index (χ1) is 6.74. The molecule has 1 N–H and O–H groups in total. The number of pyridine rings is 1. The van der Waals surface area contributed by atoms with Gasteiger partial charge in [-0.15, -0.1) is 0 Å². The fourth-order valence-electron chi connectivity index (χ4n) is 0.953. The standard InChI is InChI=1S/C9H10N2O2S/c10-6-1-2-7-14(13)9-5-3-4-8(12)11-9/h3-5H,1-2,7H2,(H,11,12). The smallest absolute Gasteiger partial charge is 0.248 e. The van der Waals surface area contributed by atoms with Crippen LogP contribution in [0.3, 0.4) is 0 Å². The third-order valence-electron chi connectivity index (χ3n) is 1.61. The molecule has 1 unspecified atom stereocenters. The van der Waals surface area contributed by atoms with Gasteiger partial charge in [0.25, 0.3) is 0 Å². The Bertz CT molecular complexity index is 419. The van der Waals surface area contributed by atoms with E-state index in [-0.39, 0.29) is 5.56 Å². The summed E-state index contributed by atoms with van der Waals surface area (Å²) >= 11 is 0. The average Bonchev–Trinajstić information content (AvgIpc) is 2.18. The highest BCUT2D eigenvalue weighted by atomic mass is 32.2. The van der Waals surface area contributed by atoms with Crippen molar-refractivity contribution in [2.75, 3.05) is 5.75 Å². The van der Waals surface area contributed by atoms with Crippen LogP contribution < -0.4 is 5.56 Å². The van der Waals surface area contributed by atoms with Gasteiger partial charge in [0.15, 0.2) is 0 Å². The molecule has 5 heteroatoms. The molecule has 1 aromatic heterocycles. The molecule has 0 aliphatic carbocycles. The number of H-pyrrole nitrogens is 1. The van der Waals surface area contributed by atoms with Crippen LogP contribution in [0.25, 0.3) is 0 Å². The van der Waals surface area contributed by atoms with E-state index < -0.39 is 10.8 Å². The molecule has 74 valence electrons. The van der Waals surface area contributed by atoms with E-state index in [4.69, 9.17) is 5.26 Å². The largest absolute Gasteiger partial charge is 0.315 e. The van der Waals surface area contributed by atoms with Crippen LogP contribution in [0, 0.1) is 11.3 Å². The highest BCUT2D eigenvalue weighted by Crippen LogP contribution is 2.02. The van der Waals surface area contributed by atoms with E-state index in [9.17, 15) is 9.00 Å². The Morgan fingerprint density at radius 2 is 2.29 bits per heavy atom. The Hall–Kier alpha value is -1.41. The maximum absolute atomic E-state index is 11.5. The van der Waals surface area contributed by atoms with Gasteiger partial charge in [0, 0.05) is 18.2 Å². The van der Waals surface area contributed by atoms with Crippen LogP contribution in [0.4, 0.5) is 0 Å². The first-order valence-corrected chi connectivity index (χ1v) is 5.50. The predicted octanol–water partition coefficient (Wildman–Crippen LogP) is 0.786. The maximum atomic E-state index is 11.5. The minimum atomic E-state index is -1.20. The molecule has 0 radical (unpaired) electrons. The third kappa shape index (κ3) is 3.15. The molecule has 4 nitrogen and oxygen atoms in total. The van der Waals surface area contributed by atoms with Gasteiger partial charge in [-0.2, -0.15) is 5.26 Å². The van der Waals surface area contributed by atoms with E-state index in [1.807, 2.05) is 6.07 Å². The normalized spacial score (nSPS) is 11.9. The van der Waals surface area contributed by atoms with Crippen LogP contribution in [0.1, 0.15) is 12.8 Å². The number of nitriles is 1. The molecule has 0 aliphatic rings. The Balaban J connectivity index is 2.62. The molecule has 14 heavy (non-hydrogen) atoms. The molecule has 1 aromatic rings. The lowest BCUT2D eigenvalue weighted by molar-refractivity contribution is 0.677. The molecule has 0 aliphatic heterocycles. The van der Waals surface area contributed by atoms with Crippen molar-refractivity contribution in [2.45, 2.75) is 17.9 Å². The van der Waals surface area contributed by atoms with E-state index in [0.717, 1.165) is 0 Å². The Morgan fingerprint density at radius 3 is 2.93 bits per heavy atom. The number of hydrogen-bond acceptors (Lipinski definition) is 3. The van der Waals surface area contributed by atoms with Crippen LogP contribution in [0.2, 0.25) is 0 Å². The summed E-state index contributed by atoms with van der Waals surface area (Å²) in [6.07, 6.45) is 0.975. The van der Waals surface area contributed by atoms with Crippen molar-refractivity contribution in [3.63, 3.8) is 0 Å². The number of nitrogens with zero attached hydrogens (tertiary/aromatic N) is 1. The van der Waals surface area contributed by atoms with Crippen molar-refractivity contribution in [1.82, 2.24) is 4.98 Å².